The van der Waals surface area contributed by atoms with Gasteiger partial charge in [-0.15, -0.1) is 0 Å². The van der Waals surface area contributed by atoms with Crippen LogP contribution in [0.4, 0.5) is 8.78 Å². The van der Waals surface area contributed by atoms with E-state index in [1.807, 2.05) is 0 Å². The summed E-state index contributed by atoms with van der Waals surface area (Å²) in [6.07, 6.45) is 3.80. The Morgan fingerprint density at radius 3 is 2.74 bits per heavy atom. The van der Waals surface area contributed by atoms with Crippen LogP contribution in [0.1, 0.15) is 32.0 Å². The first-order chi connectivity index (χ1) is 9.00. The molecule has 0 amide bonds. The average Bonchev–Trinajstić information content (AvgIpc) is 2.80. The van der Waals surface area contributed by atoms with Crippen molar-refractivity contribution >= 4 is 0 Å². The number of imidazole rings is 1. The minimum absolute atomic E-state index is 0.131. The fraction of sp³-hybridized carbons (Fsp3) is 0.357. The van der Waals surface area contributed by atoms with E-state index in [1.54, 1.807) is 6.20 Å². The molecule has 3 nitrogen and oxygen atoms in total. The van der Waals surface area contributed by atoms with E-state index >= 15 is 0 Å². The van der Waals surface area contributed by atoms with E-state index in [0.29, 0.717) is 11.6 Å². The van der Waals surface area contributed by atoms with Crippen LogP contribution in [0.25, 0.3) is 5.69 Å². The zero-order valence-electron chi connectivity index (χ0n) is 11.0. The number of aromatic nitrogens is 2. The topological polar surface area (TPSA) is 43.8 Å². The maximum Gasteiger partial charge on any atom is 0.182 e. The summed E-state index contributed by atoms with van der Waals surface area (Å²) in [6, 6.07) is 3.80. The molecule has 1 atom stereocenters. The highest BCUT2D eigenvalue weighted by Crippen LogP contribution is 2.23. The lowest BCUT2D eigenvalue weighted by Crippen LogP contribution is -2.17. The molecule has 0 aliphatic heterocycles. The Morgan fingerprint density at radius 2 is 2.05 bits per heavy atom. The molecule has 0 fully saturated rings. The van der Waals surface area contributed by atoms with E-state index in [-0.39, 0.29) is 11.7 Å². The third-order valence-electron chi connectivity index (χ3n) is 2.96. The number of halogens is 2. The Labute approximate surface area is 111 Å². The van der Waals surface area contributed by atoms with Gasteiger partial charge in [-0.05, 0) is 24.5 Å². The van der Waals surface area contributed by atoms with Crippen LogP contribution < -0.4 is 5.73 Å². The van der Waals surface area contributed by atoms with Crippen molar-refractivity contribution in [2.24, 2.45) is 11.7 Å². The number of nitrogens with zero attached hydrogens (tertiary/aromatic N) is 2. The standard InChI is InChI=1S/C14H17F2N3/c1-9(2)6-11(17)13-7-18-8-19(13)12-5-3-4-10(15)14(12)16/h3-5,7-9,11H,6,17H2,1-2H3. The minimum atomic E-state index is -0.890. The largest absolute Gasteiger partial charge is 0.323 e. The van der Waals surface area contributed by atoms with E-state index in [9.17, 15) is 8.78 Å². The van der Waals surface area contributed by atoms with Crippen LogP contribution in [0.3, 0.4) is 0 Å². The second-order valence-electron chi connectivity index (χ2n) is 5.00. The van der Waals surface area contributed by atoms with Gasteiger partial charge in [0, 0.05) is 6.04 Å². The summed E-state index contributed by atoms with van der Waals surface area (Å²) in [5, 5.41) is 0. The van der Waals surface area contributed by atoms with Crippen LogP contribution in [0.5, 0.6) is 0 Å². The monoisotopic (exact) mass is 265 g/mol. The van der Waals surface area contributed by atoms with Gasteiger partial charge in [0.25, 0.3) is 0 Å². The molecular weight excluding hydrogens is 248 g/mol. The van der Waals surface area contributed by atoms with Gasteiger partial charge in [-0.25, -0.2) is 13.8 Å². The number of hydrogen-bond donors (Lipinski definition) is 1. The minimum Gasteiger partial charge on any atom is -0.323 e. The van der Waals surface area contributed by atoms with E-state index in [0.717, 1.165) is 12.5 Å². The molecule has 1 unspecified atom stereocenters. The third kappa shape index (κ3) is 2.81. The molecule has 0 bridgehead atoms. The summed E-state index contributed by atoms with van der Waals surface area (Å²) in [6.45, 7) is 4.12. The first-order valence-electron chi connectivity index (χ1n) is 6.23. The zero-order valence-corrected chi connectivity index (χ0v) is 11.0. The second-order valence-corrected chi connectivity index (χ2v) is 5.00. The third-order valence-corrected chi connectivity index (χ3v) is 2.96. The average molecular weight is 265 g/mol. The quantitative estimate of drug-likeness (QED) is 0.922. The number of rotatable bonds is 4. The SMILES string of the molecule is CC(C)CC(N)c1cncn1-c1cccc(F)c1F. The highest BCUT2D eigenvalue weighted by atomic mass is 19.2. The lowest BCUT2D eigenvalue weighted by Gasteiger charge is -2.17. The van der Waals surface area contributed by atoms with Gasteiger partial charge in [0.2, 0.25) is 0 Å². The highest BCUT2D eigenvalue weighted by Gasteiger charge is 2.17. The van der Waals surface area contributed by atoms with Gasteiger partial charge in [0.15, 0.2) is 11.6 Å². The van der Waals surface area contributed by atoms with Crippen LogP contribution in [0.2, 0.25) is 0 Å². The molecular formula is C14H17F2N3. The summed E-state index contributed by atoms with van der Waals surface area (Å²) >= 11 is 0. The molecule has 0 aliphatic rings. The Balaban J connectivity index is 2.41. The zero-order chi connectivity index (χ0) is 14.0. The van der Waals surface area contributed by atoms with E-state index in [1.165, 1.54) is 23.0 Å². The van der Waals surface area contributed by atoms with Crippen LogP contribution in [0, 0.1) is 17.6 Å². The second kappa shape index (κ2) is 5.48. The number of nitrogens with two attached hydrogens (primary N) is 1. The van der Waals surface area contributed by atoms with E-state index in [2.05, 4.69) is 18.8 Å². The first-order valence-corrected chi connectivity index (χ1v) is 6.23. The van der Waals surface area contributed by atoms with Gasteiger partial charge in [-0.2, -0.15) is 0 Å². The summed E-state index contributed by atoms with van der Waals surface area (Å²) < 4.78 is 28.6. The Bertz CT molecular complexity index is 564. The fourth-order valence-corrected chi connectivity index (χ4v) is 2.09. The first kappa shape index (κ1) is 13.7. The van der Waals surface area contributed by atoms with Gasteiger partial charge in [0.05, 0.1) is 23.9 Å². The van der Waals surface area contributed by atoms with E-state index < -0.39 is 11.6 Å². The van der Waals surface area contributed by atoms with Crippen molar-refractivity contribution in [3.05, 3.63) is 48.1 Å². The summed E-state index contributed by atoms with van der Waals surface area (Å²) in [5.41, 5.74) is 6.90. The molecule has 0 saturated heterocycles. The normalized spacial score (nSPS) is 12.9. The van der Waals surface area contributed by atoms with Gasteiger partial charge in [-0.3, -0.25) is 4.57 Å². The van der Waals surface area contributed by atoms with Crippen molar-refractivity contribution in [3.63, 3.8) is 0 Å². The predicted molar refractivity (Wildman–Crippen MR) is 69.9 cm³/mol. The molecule has 2 N–H and O–H groups in total. The Morgan fingerprint density at radius 1 is 1.32 bits per heavy atom. The fourth-order valence-electron chi connectivity index (χ4n) is 2.09. The summed E-state index contributed by atoms with van der Waals surface area (Å²) in [4.78, 5) is 3.99. The smallest absolute Gasteiger partial charge is 0.182 e. The van der Waals surface area contributed by atoms with Crippen molar-refractivity contribution in [1.82, 2.24) is 9.55 Å². The molecule has 19 heavy (non-hydrogen) atoms. The molecule has 1 heterocycles. The van der Waals surface area contributed by atoms with Crippen molar-refractivity contribution in [2.75, 3.05) is 0 Å². The molecule has 0 radical (unpaired) electrons. The molecule has 5 heteroatoms. The van der Waals surface area contributed by atoms with Crippen LogP contribution in [0.15, 0.2) is 30.7 Å². The maximum atomic E-state index is 13.8. The Hall–Kier alpha value is -1.75. The lowest BCUT2D eigenvalue weighted by atomic mass is 10.0. The number of benzene rings is 1. The van der Waals surface area contributed by atoms with Crippen molar-refractivity contribution in [3.8, 4) is 5.69 Å². The molecule has 1 aromatic carbocycles. The molecule has 2 rings (SSSR count). The highest BCUT2D eigenvalue weighted by molar-refractivity contribution is 5.36. The van der Waals surface area contributed by atoms with Crippen molar-refractivity contribution < 1.29 is 8.78 Å². The maximum absolute atomic E-state index is 13.8. The van der Waals surface area contributed by atoms with Crippen LogP contribution >= 0.6 is 0 Å². The summed E-state index contributed by atoms with van der Waals surface area (Å²) in [5.74, 6) is -1.36. The van der Waals surface area contributed by atoms with Crippen LogP contribution in [-0.4, -0.2) is 9.55 Å². The molecule has 102 valence electrons. The molecule has 1 aromatic heterocycles. The molecule has 0 aliphatic carbocycles. The van der Waals surface area contributed by atoms with Gasteiger partial charge in [-0.1, -0.05) is 19.9 Å². The summed E-state index contributed by atoms with van der Waals surface area (Å²) in [7, 11) is 0. The molecule has 0 spiro atoms. The number of hydrogen-bond acceptors (Lipinski definition) is 2. The van der Waals surface area contributed by atoms with Gasteiger partial charge >= 0.3 is 0 Å². The van der Waals surface area contributed by atoms with Gasteiger partial charge in [0.1, 0.15) is 0 Å². The van der Waals surface area contributed by atoms with Crippen molar-refractivity contribution in [1.29, 1.82) is 0 Å². The van der Waals surface area contributed by atoms with E-state index in [4.69, 9.17) is 5.73 Å². The van der Waals surface area contributed by atoms with Crippen LogP contribution in [-0.2, 0) is 0 Å². The van der Waals surface area contributed by atoms with Gasteiger partial charge < -0.3 is 5.73 Å². The Kier molecular flexibility index (Phi) is 3.95. The predicted octanol–water partition coefficient (Wildman–Crippen LogP) is 3.20. The lowest BCUT2D eigenvalue weighted by molar-refractivity contribution is 0.487. The molecule has 0 saturated carbocycles. The van der Waals surface area contributed by atoms with Crippen molar-refractivity contribution in [2.45, 2.75) is 26.3 Å². The molecule has 2 aromatic rings.